The van der Waals surface area contributed by atoms with Crippen LogP contribution in [-0.4, -0.2) is 17.1 Å². The molecule has 0 aliphatic carbocycles. The van der Waals surface area contributed by atoms with Crippen molar-refractivity contribution in [3.8, 4) is 10.6 Å². The first-order valence-electron chi connectivity index (χ1n) is 7.25. The number of aryl methyl sites for hydroxylation is 1. The van der Waals surface area contributed by atoms with E-state index in [1.165, 1.54) is 23.5 Å². The van der Waals surface area contributed by atoms with Crippen molar-refractivity contribution >= 4 is 34.7 Å². The van der Waals surface area contributed by atoms with E-state index in [0.29, 0.717) is 15.6 Å². The van der Waals surface area contributed by atoms with Crippen molar-refractivity contribution in [2.45, 2.75) is 11.8 Å². The zero-order chi connectivity index (χ0) is 17.1. The Kier molecular flexibility index (Phi) is 4.97. The highest BCUT2D eigenvalue weighted by molar-refractivity contribution is 7.98. The van der Waals surface area contributed by atoms with Crippen molar-refractivity contribution in [1.82, 2.24) is 4.98 Å². The second-order valence-electron chi connectivity index (χ2n) is 5.12. The van der Waals surface area contributed by atoms with Gasteiger partial charge in [-0.15, -0.1) is 23.1 Å². The van der Waals surface area contributed by atoms with Crippen LogP contribution in [0.15, 0.2) is 53.4 Å². The van der Waals surface area contributed by atoms with Crippen LogP contribution in [0.25, 0.3) is 10.6 Å². The maximum atomic E-state index is 13.0. The molecular weight excluding hydrogens is 343 g/mol. The van der Waals surface area contributed by atoms with Crippen LogP contribution in [0.1, 0.15) is 15.4 Å². The van der Waals surface area contributed by atoms with E-state index in [1.807, 2.05) is 30.5 Å². The lowest BCUT2D eigenvalue weighted by molar-refractivity contribution is 0.103. The normalized spacial score (nSPS) is 10.6. The third-order valence-electron chi connectivity index (χ3n) is 3.44. The molecule has 0 atom stereocenters. The lowest BCUT2D eigenvalue weighted by atomic mass is 10.2. The number of nitrogens with zero attached hydrogens (tertiary/aromatic N) is 1. The number of anilines is 1. The summed E-state index contributed by atoms with van der Waals surface area (Å²) in [7, 11) is 0. The summed E-state index contributed by atoms with van der Waals surface area (Å²) >= 11 is 2.95. The Hall–Kier alpha value is -2.18. The Bertz CT molecular complexity index is 858. The topological polar surface area (TPSA) is 42.0 Å². The van der Waals surface area contributed by atoms with Crippen LogP contribution in [0.2, 0.25) is 0 Å². The Morgan fingerprint density at radius 2 is 1.79 bits per heavy atom. The fourth-order valence-electron chi connectivity index (χ4n) is 2.19. The summed E-state index contributed by atoms with van der Waals surface area (Å²) in [4.78, 5) is 18.6. The van der Waals surface area contributed by atoms with Gasteiger partial charge in [0.2, 0.25) is 0 Å². The van der Waals surface area contributed by atoms with Gasteiger partial charge < -0.3 is 5.32 Å². The first kappa shape index (κ1) is 16.7. The van der Waals surface area contributed by atoms with Crippen LogP contribution in [0.4, 0.5) is 10.1 Å². The van der Waals surface area contributed by atoms with E-state index in [1.54, 1.807) is 30.8 Å². The van der Waals surface area contributed by atoms with Crippen LogP contribution >= 0.6 is 23.1 Å². The molecule has 2 aromatic carbocycles. The van der Waals surface area contributed by atoms with Gasteiger partial charge in [-0.25, -0.2) is 9.37 Å². The summed E-state index contributed by atoms with van der Waals surface area (Å²) in [6.07, 6.45) is 2.01. The van der Waals surface area contributed by atoms with E-state index in [-0.39, 0.29) is 11.7 Å². The van der Waals surface area contributed by atoms with Crippen LogP contribution in [-0.2, 0) is 0 Å². The summed E-state index contributed by atoms with van der Waals surface area (Å²) in [6.45, 7) is 1.80. The number of carbonyl (C=O) groups is 1. The van der Waals surface area contributed by atoms with E-state index < -0.39 is 0 Å². The monoisotopic (exact) mass is 358 g/mol. The molecule has 1 N–H and O–H groups in total. The van der Waals surface area contributed by atoms with Gasteiger partial charge >= 0.3 is 0 Å². The van der Waals surface area contributed by atoms with Crippen LogP contribution in [0.5, 0.6) is 0 Å². The zero-order valence-corrected chi connectivity index (χ0v) is 14.8. The summed E-state index contributed by atoms with van der Waals surface area (Å²) in [5, 5.41) is 3.59. The molecule has 3 nitrogen and oxygen atoms in total. The minimum Gasteiger partial charge on any atom is -0.321 e. The summed E-state index contributed by atoms with van der Waals surface area (Å²) in [5.41, 5.74) is 2.21. The molecule has 0 aliphatic heterocycles. The number of rotatable bonds is 4. The van der Waals surface area contributed by atoms with E-state index in [0.717, 1.165) is 16.1 Å². The molecule has 3 aromatic rings. The minimum absolute atomic E-state index is 0.185. The number of amides is 1. The number of halogens is 1. The van der Waals surface area contributed by atoms with Crippen molar-refractivity contribution in [2.24, 2.45) is 0 Å². The van der Waals surface area contributed by atoms with Crippen molar-refractivity contribution in [2.75, 3.05) is 11.6 Å². The predicted octanol–water partition coefficient (Wildman–Crippen LogP) is 5.23. The van der Waals surface area contributed by atoms with Gasteiger partial charge in [0.1, 0.15) is 15.7 Å². The molecule has 0 aliphatic rings. The average Bonchev–Trinajstić information content (AvgIpc) is 2.98. The third-order valence-corrected chi connectivity index (χ3v) is 5.39. The summed E-state index contributed by atoms with van der Waals surface area (Å²) < 4.78 is 13.0. The fraction of sp³-hybridized carbons (Fsp3) is 0.111. The molecule has 0 fully saturated rings. The van der Waals surface area contributed by atoms with Gasteiger partial charge in [-0.3, -0.25) is 4.79 Å². The lowest BCUT2D eigenvalue weighted by Crippen LogP contribution is -2.11. The zero-order valence-electron chi connectivity index (χ0n) is 13.2. The summed E-state index contributed by atoms with van der Waals surface area (Å²) in [6, 6.07) is 13.8. The molecule has 0 bridgehead atoms. The molecule has 6 heteroatoms. The molecular formula is C18H15FN2OS2. The smallest absolute Gasteiger partial charge is 0.267 e. The standard InChI is InChI=1S/C18H15FN2OS2/c1-11-16(17(22)21-14-7-9-15(23-2)10-8-14)24-18(20-11)12-3-5-13(19)6-4-12/h3-10H,1-2H3,(H,21,22). The number of thiazole rings is 1. The maximum absolute atomic E-state index is 13.0. The first-order chi connectivity index (χ1) is 11.6. The molecule has 0 radical (unpaired) electrons. The molecule has 0 saturated heterocycles. The quantitative estimate of drug-likeness (QED) is 0.649. The largest absolute Gasteiger partial charge is 0.321 e. The fourth-order valence-corrected chi connectivity index (χ4v) is 3.56. The van der Waals surface area contributed by atoms with Gasteiger partial charge in [0.15, 0.2) is 0 Å². The first-order valence-corrected chi connectivity index (χ1v) is 9.29. The van der Waals surface area contributed by atoms with E-state index in [4.69, 9.17) is 0 Å². The van der Waals surface area contributed by atoms with Crippen molar-refractivity contribution in [3.05, 3.63) is 64.9 Å². The molecule has 122 valence electrons. The van der Waals surface area contributed by atoms with Gasteiger partial charge in [-0.1, -0.05) is 0 Å². The number of hydrogen-bond donors (Lipinski definition) is 1. The minimum atomic E-state index is -0.293. The predicted molar refractivity (Wildman–Crippen MR) is 98.4 cm³/mol. The maximum Gasteiger partial charge on any atom is 0.267 e. The van der Waals surface area contributed by atoms with E-state index >= 15 is 0 Å². The second kappa shape index (κ2) is 7.15. The third kappa shape index (κ3) is 3.66. The molecule has 3 rings (SSSR count). The molecule has 0 unspecified atom stereocenters. The molecule has 1 heterocycles. The molecule has 1 amide bonds. The molecule has 0 spiro atoms. The molecule has 1 aromatic heterocycles. The number of nitrogens with one attached hydrogen (secondary N) is 1. The highest BCUT2D eigenvalue weighted by Crippen LogP contribution is 2.29. The van der Waals surface area contributed by atoms with Crippen molar-refractivity contribution in [3.63, 3.8) is 0 Å². The van der Waals surface area contributed by atoms with Crippen LogP contribution in [0, 0.1) is 12.7 Å². The number of thioether (sulfide) groups is 1. The van der Waals surface area contributed by atoms with Gasteiger partial charge in [0.05, 0.1) is 5.69 Å². The van der Waals surface area contributed by atoms with Gasteiger partial charge in [-0.2, -0.15) is 0 Å². The van der Waals surface area contributed by atoms with Gasteiger partial charge in [-0.05, 0) is 61.7 Å². The Morgan fingerprint density at radius 3 is 2.42 bits per heavy atom. The Labute approximate surface area is 148 Å². The average molecular weight is 358 g/mol. The molecule has 0 saturated carbocycles. The highest BCUT2D eigenvalue weighted by Gasteiger charge is 2.16. The van der Waals surface area contributed by atoms with Crippen LogP contribution < -0.4 is 5.32 Å². The number of hydrogen-bond acceptors (Lipinski definition) is 4. The number of benzene rings is 2. The Morgan fingerprint density at radius 1 is 1.12 bits per heavy atom. The van der Waals surface area contributed by atoms with Crippen LogP contribution in [0.3, 0.4) is 0 Å². The number of aromatic nitrogens is 1. The SMILES string of the molecule is CSc1ccc(NC(=O)c2sc(-c3ccc(F)cc3)nc2C)cc1. The lowest BCUT2D eigenvalue weighted by Gasteiger charge is -2.04. The highest BCUT2D eigenvalue weighted by atomic mass is 32.2. The molecule has 24 heavy (non-hydrogen) atoms. The summed E-state index contributed by atoms with van der Waals surface area (Å²) in [5.74, 6) is -0.478. The van der Waals surface area contributed by atoms with Crippen molar-refractivity contribution < 1.29 is 9.18 Å². The number of carbonyl (C=O) groups excluding carboxylic acids is 1. The van der Waals surface area contributed by atoms with E-state index in [9.17, 15) is 9.18 Å². The van der Waals surface area contributed by atoms with Gasteiger partial charge in [0, 0.05) is 16.1 Å². The second-order valence-corrected chi connectivity index (χ2v) is 7.00. The van der Waals surface area contributed by atoms with E-state index in [2.05, 4.69) is 10.3 Å². The van der Waals surface area contributed by atoms with Gasteiger partial charge in [0.25, 0.3) is 5.91 Å². The van der Waals surface area contributed by atoms with Crippen molar-refractivity contribution in [1.29, 1.82) is 0 Å². The Balaban J connectivity index is 1.81.